The highest BCUT2D eigenvalue weighted by atomic mass is 32.2. The number of benzene rings is 2. The number of nitrogens with two attached hydrogens (primary N) is 1. The zero-order valence-corrected chi connectivity index (χ0v) is 17.8. The molecule has 0 aliphatic heterocycles. The average Bonchev–Trinajstić information content (AvgIpc) is 3.10. The predicted molar refractivity (Wildman–Crippen MR) is 120 cm³/mol. The molecule has 2 aromatic carbocycles. The van der Waals surface area contributed by atoms with E-state index in [1.165, 1.54) is 23.1 Å². The summed E-state index contributed by atoms with van der Waals surface area (Å²) in [6.07, 6.45) is 0. The number of carbonyl (C=O) groups excluding carboxylic acids is 3. The van der Waals surface area contributed by atoms with Crippen LogP contribution in [0.2, 0.25) is 0 Å². The van der Waals surface area contributed by atoms with Gasteiger partial charge in [0.05, 0.1) is 22.2 Å². The summed E-state index contributed by atoms with van der Waals surface area (Å²) in [5, 5.41) is 5.66. The maximum absolute atomic E-state index is 12.3. The highest BCUT2D eigenvalue weighted by molar-refractivity contribution is 8.01. The maximum atomic E-state index is 12.3. The van der Waals surface area contributed by atoms with Gasteiger partial charge in [-0.15, -0.1) is 11.8 Å². The number of thiazole rings is 1. The molecule has 4 N–H and O–H groups in total. The fourth-order valence-electron chi connectivity index (χ4n) is 2.58. The Hall–Kier alpha value is -3.17. The molecule has 3 aromatic rings. The van der Waals surface area contributed by atoms with E-state index in [4.69, 9.17) is 5.73 Å². The Kier molecular flexibility index (Phi) is 7.21. The van der Waals surface area contributed by atoms with Gasteiger partial charge in [-0.3, -0.25) is 14.4 Å². The topological polar surface area (TPSA) is 114 Å². The van der Waals surface area contributed by atoms with Crippen LogP contribution in [-0.2, 0) is 9.59 Å². The standard InChI is InChI=1S/C21H20N4O3S2/c1-13-20(29-12-17(22)26)30-21(24-13)25-18(27)11-23-19(28)16-9-7-15(8-10-16)14-5-3-2-4-6-14/h2-10H,11-12H2,1H3,(H2,22,26)(H,23,28)(H,24,25,27). The molecule has 3 rings (SSSR count). The third-order valence-electron chi connectivity index (χ3n) is 4.01. The number of aromatic nitrogens is 1. The molecule has 0 aliphatic carbocycles. The Morgan fingerprint density at radius 2 is 1.70 bits per heavy atom. The van der Waals surface area contributed by atoms with Crippen molar-refractivity contribution in [1.29, 1.82) is 0 Å². The normalized spacial score (nSPS) is 10.4. The van der Waals surface area contributed by atoms with E-state index in [0.717, 1.165) is 15.3 Å². The van der Waals surface area contributed by atoms with E-state index in [2.05, 4.69) is 15.6 Å². The molecule has 9 heteroatoms. The van der Waals surface area contributed by atoms with E-state index < -0.39 is 5.91 Å². The largest absolute Gasteiger partial charge is 0.369 e. The number of nitrogens with zero attached hydrogens (tertiary/aromatic N) is 1. The van der Waals surface area contributed by atoms with Crippen LogP contribution in [-0.4, -0.2) is 35.0 Å². The summed E-state index contributed by atoms with van der Waals surface area (Å²) in [5.74, 6) is -0.990. The number of nitrogens with one attached hydrogen (secondary N) is 2. The minimum absolute atomic E-state index is 0.148. The molecule has 0 aliphatic rings. The zero-order valence-electron chi connectivity index (χ0n) is 16.2. The first-order valence-electron chi connectivity index (χ1n) is 9.04. The van der Waals surface area contributed by atoms with E-state index in [1.807, 2.05) is 42.5 Å². The number of hydrogen-bond donors (Lipinski definition) is 3. The molecule has 3 amide bonds. The molecule has 30 heavy (non-hydrogen) atoms. The van der Waals surface area contributed by atoms with Crippen molar-refractivity contribution in [3.63, 3.8) is 0 Å². The number of rotatable bonds is 8. The molecule has 0 saturated carbocycles. The van der Waals surface area contributed by atoms with Gasteiger partial charge in [0.15, 0.2) is 5.13 Å². The quantitative estimate of drug-likeness (QED) is 0.466. The second kappa shape index (κ2) is 10.0. The molecule has 1 aromatic heterocycles. The van der Waals surface area contributed by atoms with Crippen LogP contribution in [0.25, 0.3) is 11.1 Å². The Labute approximate surface area is 182 Å². The Morgan fingerprint density at radius 1 is 1.03 bits per heavy atom. The molecule has 7 nitrogen and oxygen atoms in total. The number of hydrogen-bond acceptors (Lipinski definition) is 6. The van der Waals surface area contributed by atoms with Crippen molar-refractivity contribution in [2.75, 3.05) is 17.6 Å². The highest BCUT2D eigenvalue weighted by Crippen LogP contribution is 2.31. The van der Waals surface area contributed by atoms with Crippen LogP contribution in [0.1, 0.15) is 16.1 Å². The van der Waals surface area contributed by atoms with Gasteiger partial charge in [0, 0.05) is 5.56 Å². The monoisotopic (exact) mass is 440 g/mol. The molecule has 154 valence electrons. The lowest BCUT2D eigenvalue weighted by molar-refractivity contribution is -0.116. The molecular weight excluding hydrogens is 420 g/mol. The number of primary amides is 1. The van der Waals surface area contributed by atoms with Crippen LogP contribution < -0.4 is 16.4 Å². The lowest BCUT2D eigenvalue weighted by atomic mass is 10.0. The first-order chi connectivity index (χ1) is 14.4. The second-order valence-corrected chi connectivity index (χ2v) is 8.56. The van der Waals surface area contributed by atoms with Gasteiger partial charge in [0.1, 0.15) is 0 Å². The van der Waals surface area contributed by atoms with Gasteiger partial charge in [0.2, 0.25) is 11.8 Å². The van der Waals surface area contributed by atoms with E-state index in [1.54, 1.807) is 19.1 Å². The van der Waals surface area contributed by atoms with Gasteiger partial charge in [-0.05, 0) is 30.2 Å². The predicted octanol–water partition coefficient (Wildman–Crippen LogP) is 3.06. The van der Waals surface area contributed by atoms with Gasteiger partial charge < -0.3 is 16.4 Å². The van der Waals surface area contributed by atoms with Crippen LogP contribution in [0.15, 0.2) is 58.8 Å². The first-order valence-corrected chi connectivity index (χ1v) is 10.8. The summed E-state index contributed by atoms with van der Waals surface area (Å²) in [4.78, 5) is 39.6. The molecule has 0 saturated heterocycles. The SMILES string of the molecule is Cc1nc(NC(=O)CNC(=O)c2ccc(-c3ccccc3)cc2)sc1SCC(N)=O. The Balaban J connectivity index is 1.51. The first kappa shape index (κ1) is 21.5. The smallest absolute Gasteiger partial charge is 0.251 e. The average molecular weight is 441 g/mol. The van der Waals surface area contributed by atoms with E-state index in [9.17, 15) is 14.4 Å². The summed E-state index contributed by atoms with van der Waals surface area (Å²) in [6, 6.07) is 17.0. The van der Waals surface area contributed by atoms with Crippen LogP contribution in [0, 0.1) is 6.92 Å². The molecule has 0 atom stereocenters. The minimum Gasteiger partial charge on any atom is -0.369 e. The second-order valence-electron chi connectivity index (χ2n) is 6.32. The molecular formula is C21H20N4O3S2. The summed E-state index contributed by atoms with van der Waals surface area (Å²) in [6.45, 7) is 1.61. The summed E-state index contributed by atoms with van der Waals surface area (Å²) >= 11 is 2.54. The van der Waals surface area contributed by atoms with Crippen molar-refractivity contribution in [3.8, 4) is 11.1 Å². The van der Waals surface area contributed by atoms with Crippen molar-refractivity contribution >= 4 is 46.0 Å². The zero-order chi connectivity index (χ0) is 21.5. The van der Waals surface area contributed by atoms with Crippen LogP contribution >= 0.6 is 23.1 Å². The van der Waals surface area contributed by atoms with E-state index >= 15 is 0 Å². The van der Waals surface area contributed by atoms with Crippen molar-refractivity contribution in [1.82, 2.24) is 10.3 Å². The Bertz CT molecular complexity index is 1050. The summed E-state index contributed by atoms with van der Waals surface area (Å²) in [5.41, 5.74) is 8.40. The highest BCUT2D eigenvalue weighted by Gasteiger charge is 2.13. The molecule has 0 fully saturated rings. The molecule has 0 radical (unpaired) electrons. The van der Waals surface area contributed by atoms with E-state index in [0.29, 0.717) is 16.4 Å². The lowest BCUT2D eigenvalue weighted by Gasteiger charge is -2.06. The summed E-state index contributed by atoms with van der Waals surface area (Å²) < 4.78 is 0.812. The van der Waals surface area contributed by atoms with Crippen molar-refractivity contribution < 1.29 is 14.4 Å². The van der Waals surface area contributed by atoms with Gasteiger partial charge in [0.25, 0.3) is 5.91 Å². The summed E-state index contributed by atoms with van der Waals surface area (Å²) in [7, 11) is 0. The minimum atomic E-state index is -0.419. The Morgan fingerprint density at radius 3 is 2.37 bits per heavy atom. The van der Waals surface area contributed by atoms with Crippen LogP contribution in [0.5, 0.6) is 0 Å². The lowest BCUT2D eigenvalue weighted by Crippen LogP contribution is -2.32. The van der Waals surface area contributed by atoms with Gasteiger partial charge >= 0.3 is 0 Å². The van der Waals surface area contributed by atoms with Crippen molar-refractivity contribution in [3.05, 3.63) is 65.9 Å². The third-order valence-corrected chi connectivity index (χ3v) is 6.47. The van der Waals surface area contributed by atoms with E-state index in [-0.39, 0.29) is 24.1 Å². The molecule has 0 unspecified atom stereocenters. The molecule has 0 bridgehead atoms. The third kappa shape index (κ3) is 5.91. The van der Waals surface area contributed by atoms with Gasteiger partial charge in [-0.2, -0.15) is 0 Å². The number of amides is 3. The maximum Gasteiger partial charge on any atom is 0.251 e. The number of thioether (sulfide) groups is 1. The number of anilines is 1. The van der Waals surface area contributed by atoms with Crippen molar-refractivity contribution in [2.24, 2.45) is 5.73 Å². The van der Waals surface area contributed by atoms with Gasteiger partial charge in [-0.1, -0.05) is 53.8 Å². The van der Waals surface area contributed by atoms with Crippen molar-refractivity contribution in [2.45, 2.75) is 11.1 Å². The number of carbonyl (C=O) groups is 3. The van der Waals surface area contributed by atoms with Crippen LogP contribution in [0.4, 0.5) is 5.13 Å². The molecule has 0 spiro atoms. The van der Waals surface area contributed by atoms with Crippen LogP contribution in [0.3, 0.4) is 0 Å². The fraction of sp³-hybridized carbons (Fsp3) is 0.143. The fourth-order valence-corrected chi connectivity index (χ4v) is 4.47. The van der Waals surface area contributed by atoms with Gasteiger partial charge in [-0.25, -0.2) is 4.98 Å². The molecule has 1 heterocycles. The number of aryl methyl sites for hydroxylation is 1.